The predicted molar refractivity (Wildman–Crippen MR) is 112 cm³/mol. The minimum absolute atomic E-state index is 0.320. The van der Waals surface area contributed by atoms with E-state index in [2.05, 4.69) is 10.6 Å². The van der Waals surface area contributed by atoms with Gasteiger partial charge >= 0.3 is 6.03 Å². The Labute approximate surface area is 179 Å². The fraction of sp³-hybridized carbons (Fsp3) is 0.286. The molecule has 30 heavy (non-hydrogen) atoms. The number of nitrogens with one attached hydrogen (secondary N) is 2. The zero-order chi connectivity index (χ0) is 21.9. The Hall–Kier alpha value is -3.26. The van der Waals surface area contributed by atoms with Gasteiger partial charge in [0.25, 0.3) is 5.91 Å². The number of carbonyl (C=O) groups is 3. The van der Waals surface area contributed by atoms with Gasteiger partial charge in [0, 0.05) is 11.1 Å². The maximum absolute atomic E-state index is 13.2. The third kappa shape index (κ3) is 3.91. The van der Waals surface area contributed by atoms with Crippen molar-refractivity contribution in [3.63, 3.8) is 0 Å². The Kier molecular flexibility index (Phi) is 6.17. The molecule has 1 heterocycles. The summed E-state index contributed by atoms with van der Waals surface area (Å²) in [4.78, 5) is 39.2. The first-order valence-electron chi connectivity index (χ1n) is 9.26. The molecular weight excluding hydrogens is 410 g/mol. The lowest BCUT2D eigenvalue weighted by Crippen LogP contribution is -2.44. The molecule has 9 heteroatoms. The maximum Gasteiger partial charge on any atom is 0.325 e. The van der Waals surface area contributed by atoms with E-state index in [1.807, 2.05) is 0 Å². The van der Waals surface area contributed by atoms with Crippen LogP contribution < -0.4 is 20.1 Å². The fourth-order valence-electron chi connectivity index (χ4n) is 3.39. The summed E-state index contributed by atoms with van der Waals surface area (Å²) in [6.45, 7) is 1.35. The number of carbonyl (C=O) groups excluding carboxylic acids is 3. The average molecular weight is 432 g/mol. The van der Waals surface area contributed by atoms with Crippen LogP contribution in [0.15, 0.2) is 42.5 Å². The van der Waals surface area contributed by atoms with Crippen molar-refractivity contribution in [2.24, 2.45) is 0 Å². The van der Waals surface area contributed by atoms with E-state index in [9.17, 15) is 14.4 Å². The molecule has 0 aliphatic carbocycles. The van der Waals surface area contributed by atoms with E-state index in [0.29, 0.717) is 34.2 Å². The smallest absolute Gasteiger partial charge is 0.325 e. The number of methoxy groups -OCH3 is 2. The zero-order valence-corrected chi connectivity index (χ0v) is 17.6. The van der Waals surface area contributed by atoms with Gasteiger partial charge in [0.05, 0.1) is 19.9 Å². The van der Waals surface area contributed by atoms with Crippen LogP contribution in [0.1, 0.15) is 18.9 Å². The largest absolute Gasteiger partial charge is 0.497 e. The van der Waals surface area contributed by atoms with Crippen LogP contribution in [0, 0.1) is 0 Å². The van der Waals surface area contributed by atoms with Crippen molar-refractivity contribution in [3.05, 3.63) is 53.1 Å². The lowest BCUT2D eigenvalue weighted by Gasteiger charge is -2.25. The molecule has 0 saturated carbocycles. The maximum atomic E-state index is 13.2. The van der Waals surface area contributed by atoms with Gasteiger partial charge in [0.1, 0.15) is 23.6 Å². The summed E-state index contributed by atoms with van der Waals surface area (Å²) in [6, 6.07) is 11.0. The molecule has 1 aliphatic rings. The molecule has 8 nitrogen and oxygen atoms in total. The first-order valence-corrected chi connectivity index (χ1v) is 9.64. The first kappa shape index (κ1) is 21.4. The van der Waals surface area contributed by atoms with E-state index in [1.54, 1.807) is 49.4 Å². The second-order valence-corrected chi connectivity index (χ2v) is 7.14. The Morgan fingerprint density at radius 2 is 1.83 bits per heavy atom. The van der Waals surface area contributed by atoms with E-state index in [1.165, 1.54) is 14.2 Å². The summed E-state index contributed by atoms with van der Waals surface area (Å²) >= 11 is 5.94. The molecule has 0 unspecified atom stereocenters. The molecular formula is C21H22ClN3O5. The van der Waals surface area contributed by atoms with Crippen LogP contribution in [-0.2, 0) is 15.1 Å². The molecule has 2 N–H and O–H groups in total. The van der Waals surface area contributed by atoms with Crippen LogP contribution in [0.4, 0.5) is 10.5 Å². The number of nitrogens with zero attached hydrogens (tertiary/aromatic N) is 1. The molecule has 0 bridgehead atoms. The zero-order valence-electron chi connectivity index (χ0n) is 16.8. The van der Waals surface area contributed by atoms with Gasteiger partial charge in [0.2, 0.25) is 5.91 Å². The number of amides is 4. The Balaban J connectivity index is 1.80. The number of rotatable bonds is 7. The van der Waals surface area contributed by atoms with Gasteiger partial charge in [-0.15, -0.1) is 0 Å². The van der Waals surface area contributed by atoms with Crippen molar-refractivity contribution in [1.29, 1.82) is 0 Å². The molecule has 4 amide bonds. The van der Waals surface area contributed by atoms with E-state index in [4.69, 9.17) is 21.1 Å². The van der Waals surface area contributed by atoms with Gasteiger partial charge < -0.3 is 20.1 Å². The minimum atomic E-state index is -1.24. The summed E-state index contributed by atoms with van der Waals surface area (Å²) in [5.41, 5.74) is -0.270. The Morgan fingerprint density at radius 1 is 1.13 bits per heavy atom. The third-order valence-electron chi connectivity index (χ3n) is 5.03. The molecule has 0 radical (unpaired) electrons. The summed E-state index contributed by atoms with van der Waals surface area (Å²) in [5.74, 6) is -0.0996. The topological polar surface area (TPSA) is 97.0 Å². The van der Waals surface area contributed by atoms with Crippen LogP contribution in [0.2, 0.25) is 5.02 Å². The highest BCUT2D eigenvalue weighted by atomic mass is 35.5. The highest BCUT2D eigenvalue weighted by Gasteiger charge is 2.51. The first-order chi connectivity index (χ1) is 14.3. The number of hydrogen-bond acceptors (Lipinski definition) is 5. The van der Waals surface area contributed by atoms with Crippen LogP contribution >= 0.6 is 11.6 Å². The number of hydrogen-bond donors (Lipinski definition) is 2. The molecule has 0 aromatic heterocycles. The fourth-order valence-corrected chi connectivity index (χ4v) is 3.51. The van der Waals surface area contributed by atoms with E-state index in [0.717, 1.165) is 4.90 Å². The van der Waals surface area contributed by atoms with E-state index in [-0.39, 0.29) is 0 Å². The molecule has 0 spiro atoms. The molecule has 1 aliphatic heterocycles. The number of imide groups is 1. The van der Waals surface area contributed by atoms with Crippen LogP contribution in [0.3, 0.4) is 0 Å². The lowest BCUT2D eigenvalue weighted by molar-refractivity contribution is -0.134. The predicted octanol–water partition coefficient (Wildman–Crippen LogP) is 3.15. The van der Waals surface area contributed by atoms with Crippen LogP contribution in [0.25, 0.3) is 0 Å². The van der Waals surface area contributed by atoms with Gasteiger partial charge in [-0.25, -0.2) is 4.79 Å². The van der Waals surface area contributed by atoms with E-state index >= 15 is 0 Å². The molecule has 3 rings (SSSR count). The molecule has 2 aromatic carbocycles. The third-order valence-corrected chi connectivity index (χ3v) is 5.28. The summed E-state index contributed by atoms with van der Waals surface area (Å²) in [5, 5.41) is 5.91. The summed E-state index contributed by atoms with van der Waals surface area (Å²) in [7, 11) is 2.97. The van der Waals surface area contributed by atoms with Crippen molar-refractivity contribution < 1.29 is 23.9 Å². The van der Waals surface area contributed by atoms with Crippen molar-refractivity contribution >= 4 is 35.1 Å². The molecule has 1 fully saturated rings. The number of anilines is 1. The van der Waals surface area contributed by atoms with Crippen LogP contribution in [0.5, 0.6) is 11.5 Å². The monoisotopic (exact) mass is 431 g/mol. The Bertz CT molecular complexity index is 979. The molecule has 1 saturated heterocycles. The normalized spacial score (nSPS) is 18.2. The number of benzene rings is 2. The Morgan fingerprint density at radius 3 is 2.43 bits per heavy atom. The molecule has 1 atom stereocenters. The highest BCUT2D eigenvalue weighted by Crippen LogP contribution is 2.33. The van der Waals surface area contributed by atoms with Crippen molar-refractivity contribution in [3.8, 4) is 11.5 Å². The lowest BCUT2D eigenvalue weighted by atomic mass is 9.87. The van der Waals surface area contributed by atoms with Crippen molar-refractivity contribution in [2.45, 2.75) is 18.9 Å². The van der Waals surface area contributed by atoms with Crippen LogP contribution in [-0.4, -0.2) is 43.5 Å². The molecule has 2 aromatic rings. The average Bonchev–Trinajstić information content (AvgIpc) is 2.99. The van der Waals surface area contributed by atoms with Gasteiger partial charge in [-0.1, -0.05) is 30.7 Å². The second kappa shape index (κ2) is 8.62. The SMILES string of the molecule is CC[C@@]1(c2ccc(Cl)cc2)NC(=O)N(CC(=O)Nc2cc(OC)ccc2OC)C1=O. The standard InChI is InChI=1S/C21H22ClN3O5/c1-4-21(13-5-7-14(22)8-6-13)19(27)25(20(28)24-21)12-18(26)23-16-11-15(29-2)9-10-17(16)30-3/h5-11H,4,12H2,1-3H3,(H,23,26)(H,24,28)/t21-/m0/s1. The number of halogens is 1. The van der Waals surface area contributed by atoms with Gasteiger partial charge in [-0.3, -0.25) is 14.5 Å². The van der Waals surface area contributed by atoms with E-state index < -0.39 is 29.9 Å². The number of urea groups is 1. The molecule has 158 valence electrons. The van der Waals surface area contributed by atoms with Crippen molar-refractivity contribution in [1.82, 2.24) is 10.2 Å². The number of ether oxygens (including phenoxy) is 2. The van der Waals surface area contributed by atoms with Gasteiger partial charge in [-0.2, -0.15) is 0 Å². The summed E-state index contributed by atoms with van der Waals surface area (Å²) in [6.07, 6.45) is 0.320. The quantitative estimate of drug-likeness (QED) is 0.656. The second-order valence-electron chi connectivity index (χ2n) is 6.70. The summed E-state index contributed by atoms with van der Waals surface area (Å²) < 4.78 is 10.4. The van der Waals surface area contributed by atoms with Gasteiger partial charge in [-0.05, 0) is 36.2 Å². The minimum Gasteiger partial charge on any atom is -0.497 e. The van der Waals surface area contributed by atoms with Crippen molar-refractivity contribution in [2.75, 3.05) is 26.1 Å². The van der Waals surface area contributed by atoms with Gasteiger partial charge in [0.15, 0.2) is 0 Å². The highest BCUT2D eigenvalue weighted by molar-refractivity contribution is 6.30.